The second-order valence-corrected chi connectivity index (χ2v) is 6.55. The van der Waals surface area contributed by atoms with Crippen molar-refractivity contribution in [2.45, 2.75) is 43.8 Å². The Morgan fingerprint density at radius 2 is 2.00 bits per heavy atom. The number of hydrogen-bond acceptors (Lipinski definition) is 3. The first kappa shape index (κ1) is 13.7. The number of aliphatic carboxylic acids is 1. The number of carboxylic acids is 1. The molecule has 1 heterocycles. The van der Waals surface area contributed by atoms with Gasteiger partial charge < -0.3 is 10.4 Å². The van der Waals surface area contributed by atoms with Gasteiger partial charge in [-0.15, -0.1) is 11.8 Å². The Morgan fingerprint density at radius 1 is 1.17 bits per heavy atom. The summed E-state index contributed by atoms with van der Waals surface area (Å²) in [5.74, 6) is 0.332. The SMILES string of the molecule is O=C(NCC1CCCC1C(=O)O)C1CCCCS1. The van der Waals surface area contributed by atoms with Crippen LogP contribution in [0.1, 0.15) is 38.5 Å². The molecular formula is C13H21NO3S. The Morgan fingerprint density at radius 3 is 2.67 bits per heavy atom. The van der Waals surface area contributed by atoms with Gasteiger partial charge in [0.15, 0.2) is 0 Å². The number of carboxylic acid groups (broad SMARTS) is 1. The highest BCUT2D eigenvalue weighted by atomic mass is 32.2. The topological polar surface area (TPSA) is 66.4 Å². The Labute approximate surface area is 112 Å². The number of amides is 1. The average molecular weight is 271 g/mol. The maximum Gasteiger partial charge on any atom is 0.306 e. The Balaban J connectivity index is 1.76. The van der Waals surface area contributed by atoms with Crippen LogP contribution in [0.3, 0.4) is 0 Å². The molecule has 2 N–H and O–H groups in total. The van der Waals surface area contributed by atoms with Crippen molar-refractivity contribution < 1.29 is 14.7 Å². The highest BCUT2D eigenvalue weighted by Gasteiger charge is 2.33. The van der Waals surface area contributed by atoms with Gasteiger partial charge in [0, 0.05) is 6.54 Å². The molecule has 2 aliphatic rings. The zero-order valence-corrected chi connectivity index (χ0v) is 11.4. The molecular weight excluding hydrogens is 250 g/mol. The van der Waals surface area contributed by atoms with E-state index in [1.807, 2.05) is 0 Å². The number of carbonyl (C=O) groups excluding carboxylic acids is 1. The molecule has 3 unspecified atom stereocenters. The zero-order chi connectivity index (χ0) is 13.0. The second kappa shape index (κ2) is 6.45. The highest BCUT2D eigenvalue weighted by Crippen LogP contribution is 2.31. The smallest absolute Gasteiger partial charge is 0.306 e. The summed E-state index contributed by atoms with van der Waals surface area (Å²) < 4.78 is 0. The molecule has 1 aliphatic carbocycles. The fraction of sp³-hybridized carbons (Fsp3) is 0.846. The molecule has 0 bridgehead atoms. The lowest BCUT2D eigenvalue weighted by molar-refractivity contribution is -0.143. The van der Waals surface area contributed by atoms with E-state index in [0.717, 1.165) is 37.9 Å². The third kappa shape index (κ3) is 3.40. The Hall–Kier alpha value is -0.710. The quantitative estimate of drug-likeness (QED) is 0.819. The standard InChI is InChI=1S/C13H21NO3S/c15-12(11-6-1-2-7-18-11)14-8-9-4-3-5-10(9)13(16)17/h9-11H,1-8H2,(H,14,15)(H,16,17). The molecule has 3 atom stereocenters. The van der Waals surface area contributed by atoms with Gasteiger partial charge in [-0.2, -0.15) is 0 Å². The van der Waals surface area contributed by atoms with Crippen LogP contribution in [-0.4, -0.2) is 34.5 Å². The van der Waals surface area contributed by atoms with E-state index >= 15 is 0 Å². The van der Waals surface area contributed by atoms with Crippen molar-refractivity contribution in [2.24, 2.45) is 11.8 Å². The van der Waals surface area contributed by atoms with E-state index in [1.165, 1.54) is 6.42 Å². The molecule has 0 aromatic heterocycles. The highest BCUT2D eigenvalue weighted by molar-refractivity contribution is 8.00. The van der Waals surface area contributed by atoms with Crippen molar-refractivity contribution in [3.63, 3.8) is 0 Å². The van der Waals surface area contributed by atoms with Crippen LogP contribution in [0.25, 0.3) is 0 Å². The minimum atomic E-state index is -0.709. The monoisotopic (exact) mass is 271 g/mol. The van der Waals surface area contributed by atoms with Crippen LogP contribution in [0, 0.1) is 11.8 Å². The summed E-state index contributed by atoms with van der Waals surface area (Å²) in [6.07, 6.45) is 5.95. The Kier molecular flexibility index (Phi) is 4.92. The van der Waals surface area contributed by atoms with Crippen LogP contribution in [0.2, 0.25) is 0 Å². The molecule has 5 heteroatoms. The molecule has 1 saturated carbocycles. The summed E-state index contributed by atoms with van der Waals surface area (Å²) in [4.78, 5) is 23.0. The predicted octanol–water partition coefficient (Wildman–Crippen LogP) is 1.89. The normalized spacial score (nSPS) is 32.1. The fourth-order valence-electron chi connectivity index (χ4n) is 2.90. The lowest BCUT2D eigenvalue weighted by Gasteiger charge is -2.22. The first-order chi connectivity index (χ1) is 8.68. The fourth-order valence-corrected chi connectivity index (χ4v) is 4.12. The summed E-state index contributed by atoms with van der Waals surface area (Å²) in [5.41, 5.74) is 0. The molecule has 0 spiro atoms. The third-order valence-electron chi connectivity index (χ3n) is 3.99. The van der Waals surface area contributed by atoms with E-state index in [0.29, 0.717) is 6.54 Å². The molecule has 102 valence electrons. The van der Waals surface area contributed by atoms with E-state index in [1.54, 1.807) is 11.8 Å². The molecule has 1 amide bonds. The summed E-state index contributed by atoms with van der Waals surface area (Å²) in [7, 11) is 0. The van der Waals surface area contributed by atoms with Crippen molar-refractivity contribution >= 4 is 23.6 Å². The van der Waals surface area contributed by atoms with Gasteiger partial charge in [-0.1, -0.05) is 12.8 Å². The second-order valence-electron chi connectivity index (χ2n) is 5.24. The van der Waals surface area contributed by atoms with E-state index in [2.05, 4.69) is 5.32 Å². The van der Waals surface area contributed by atoms with Crippen molar-refractivity contribution in [3.05, 3.63) is 0 Å². The summed E-state index contributed by atoms with van der Waals surface area (Å²) in [5, 5.41) is 12.1. The maximum absolute atomic E-state index is 12.0. The van der Waals surface area contributed by atoms with Gasteiger partial charge in [-0.3, -0.25) is 9.59 Å². The van der Waals surface area contributed by atoms with Gasteiger partial charge in [0.2, 0.25) is 5.91 Å². The summed E-state index contributed by atoms with van der Waals surface area (Å²) in [6.45, 7) is 0.535. The van der Waals surface area contributed by atoms with E-state index in [4.69, 9.17) is 5.11 Å². The van der Waals surface area contributed by atoms with Crippen molar-refractivity contribution in [3.8, 4) is 0 Å². The molecule has 2 fully saturated rings. The van der Waals surface area contributed by atoms with Crippen LogP contribution in [-0.2, 0) is 9.59 Å². The molecule has 2 rings (SSSR count). The lowest BCUT2D eigenvalue weighted by atomic mass is 9.96. The van der Waals surface area contributed by atoms with Crippen LogP contribution in [0.5, 0.6) is 0 Å². The number of hydrogen-bond donors (Lipinski definition) is 2. The van der Waals surface area contributed by atoms with Gasteiger partial charge in [-0.25, -0.2) is 0 Å². The minimum Gasteiger partial charge on any atom is -0.481 e. The molecule has 1 saturated heterocycles. The average Bonchev–Trinajstić information content (AvgIpc) is 2.85. The zero-order valence-electron chi connectivity index (χ0n) is 10.6. The number of nitrogens with one attached hydrogen (secondary N) is 1. The third-order valence-corrected chi connectivity index (χ3v) is 5.36. The largest absolute Gasteiger partial charge is 0.481 e. The van der Waals surface area contributed by atoms with Crippen LogP contribution in [0.15, 0.2) is 0 Å². The van der Waals surface area contributed by atoms with Crippen LogP contribution < -0.4 is 5.32 Å². The predicted molar refractivity (Wildman–Crippen MR) is 71.6 cm³/mol. The van der Waals surface area contributed by atoms with Crippen LogP contribution in [0.4, 0.5) is 0 Å². The maximum atomic E-state index is 12.0. The van der Waals surface area contributed by atoms with E-state index in [-0.39, 0.29) is 23.0 Å². The van der Waals surface area contributed by atoms with Gasteiger partial charge >= 0.3 is 5.97 Å². The van der Waals surface area contributed by atoms with Gasteiger partial charge in [0.05, 0.1) is 11.2 Å². The molecule has 0 radical (unpaired) electrons. The first-order valence-corrected chi connectivity index (χ1v) is 7.85. The summed E-state index contributed by atoms with van der Waals surface area (Å²) >= 11 is 1.73. The van der Waals surface area contributed by atoms with Gasteiger partial charge in [0.1, 0.15) is 0 Å². The molecule has 18 heavy (non-hydrogen) atoms. The van der Waals surface area contributed by atoms with Crippen molar-refractivity contribution in [1.29, 1.82) is 0 Å². The number of thioether (sulfide) groups is 1. The van der Waals surface area contributed by atoms with Crippen molar-refractivity contribution in [1.82, 2.24) is 5.32 Å². The number of rotatable bonds is 4. The number of carbonyl (C=O) groups is 2. The van der Waals surface area contributed by atoms with Gasteiger partial charge in [0.25, 0.3) is 0 Å². The van der Waals surface area contributed by atoms with Gasteiger partial charge in [-0.05, 0) is 37.4 Å². The molecule has 0 aromatic rings. The van der Waals surface area contributed by atoms with Crippen LogP contribution >= 0.6 is 11.8 Å². The first-order valence-electron chi connectivity index (χ1n) is 6.80. The molecule has 0 aromatic carbocycles. The van der Waals surface area contributed by atoms with Crippen molar-refractivity contribution in [2.75, 3.05) is 12.3 Å². The van der Waals surface area contributed by atoms with E-state index in [9.17, 15) is 9.59 Å². The summed E-state index contributed by atoms with van der Waals surface area (Å²) in [6, 6.07) is 0. The minimum absolute atomic E-state index is 0.0865. The van der Waals surface area contributed by atoms with E-state index < -0.39 is 5.97 Å². The Bertz CT molecular complexity index is 315. The molecule has 1 aliphatic heterocycles. The lowest BCUT2D eigenvalue weighted by Crippen LogP contribution is -2.38. The molecule has 4 nitrogen and oxygen atoms in total.